The van der Waals surface area contributed by atoms with E-state index in [-0.39, 0.29) is 31.1 Å². The number of esters is 3. The molecule has 0 rings (SSSR count). The maximum absolute atomic E-state index is 12.8. The fraction of sp³-hybridized carbons (Fsp3) is 0.947. The van der Waals surface area contributed by atoms with Gasteiger partial charge in [-0.25, -0.2) is 0 Å². The first kappa shape index (κ1) is 61.4. The molecule has 0 fully saturated rings. The lowest BCUT2D eigenvalue weighted by atomic mass is 10.0. The van der Waals surface area contributed by atoms with Crippen molar-refractivity contribution in [2.45, 2.75) is 329 Å². The largest absolute Gasteiger partial charge is 0.462 e. The van der Waals surface area contributed by atoms with Gasteiger partial charge in [-0.1, -0.05) is 285 Å². The summed E-state index contributed by atoms with van der Waals surface area (Å²) in [7, 11) is 0. The number of rotatable bonds is 52. The van der Waals surface area contributed by atoms with Crippen LogP contribution >= 0.6 is 0 Å². The van der Waals surface area contributed by atoms with E-state index in [0.29, 0.717) is 19.3 Å². The van der Waals surface area contributed by atoms with E-state index in [9.17, 15) is 14.4 Å². The number of carbonyl (C=O) groups excluding carboxylic acids is 3. The van der Waals surface area contributed by atoms with Gasteiger partial charge in [0.25, 0.3) is 0 Å². The minimum atomic E-state index is -0.761. The SMILES string of the molecule is CCCCCCCCCCCCCCCCCCCC(=O)O[C@H](COC(=O)CCCCCCCCCCCCCC)COC(=O)CCCCCCCCCCCCCCCC(C)C. The first-order valence-corrected chi connectivity index (χ1v) is 28.4. The van der Waals surface area contributed by atoms with Crippen LogP contribution in [-0.4, -0.2) is 37.2 Å². The van der Waals surface area contributed by atoms with Crippen molar-refractivity contribution in [3.8, 4) is 0 Å². The maximum atomic E-state index is 12.8. The summed E-state index contributed by atoms with van der Waals surface area (Å²) < 4.78 is 16.9. The first-order chi connectivity index (χ1) is 30.9. The quantitative estimate of drug-likeness (QED) is 0.0344. The van der Waals surface area contributed by atoms with Crippen LogP contribution in [0, 0.1) is 5.92 Å². The summed E-state index contributed by atoms with van der Waals surface area (Å²) in [6.45, 7) is 9.05. The van der Waals surface area contributed by atoms with Crippen molar-refractivity contribution >= 4 is 17.9 Å². The zero-order valence-corrected chi connectivity index (χ0v) is 43.0. The smallest absolute Gasteiger partial charge is 0.306 e. The van der Waals surface area contributed by atoms with Crippen molar-refractivity contribution < 1.29 is 28.6 Å². The molecule has 0 aromatic carbocycles. The standard InChI is InChI=1S/C57H110O6/c1-5-7-9-11-13-15-17-19-20-21-22-25-30-34-38-42-46-50-57(60)63-54(51-61-55(58)48-44-40-36-32-28-18-16-14-12-10-8-6-2)52-62-56(59)49-45-41-37-33-29-26-23-24-27-31-35-39-43-47-53(3)4/h53-54H,5-52H2,1-4H3/t54-/m1/s1. The van der Waals surface area contributed by atoms with Crippen LogP contribution in [0.4, 0.5) is 0 Å². The van der Waals surface area contributed by atoms with Gasteiger partial charge in [0.05, 0.1) is 0 Å². The monoisotopic (exact) mass is 891 g/mol. The molecule has 63 heavy (non-hydrogen) atoms. The Morgan fingerprint density at radius 3 is 0.778 bits per heavy atom. The van der Waals surface area contributed by atoms with Gasteiger partial charge in [-0.2, -0.15) is 0 Å². The van der Waals surface area contributed by atoms with Gasteiger partial charge in [0.2, 0.25) is 0 Å². The summed E-state index contributed by atoms with van der Waals surface area (Å²) in [5, 5.41) is 0. The predicted octanol–water partition coefficient (Wildman–Crippen LogP) is 18.6. The molecule has 6 heteroatoms. The summed E-state index contributed by atoms with van der Waals surface area (Å²) in [6, 6.07) is 0. The van der Waals surface area contributed by atoms with Crippen molar-refractivity contribution in [3.05, 3.63) is 0 Å². The lowest BCUT2D eigenvalue weighted by molar-refractivity contribution is -0.167. The molecule has 0 N–H and O–H groups in total. The number of carbonyl (C=O) groups is 3. The lowest BCUT2D eigenvalue weighted by Gasteiger charge is -2.18. The molecule has 0 aromatic rings. The molecular weight excluding hydrogens is 781 g/mol. The third kappa shape index (κ3) is 51.3. The summed E-state index contributed by atoms with van der Waals surface area (Å²) >= 11 is 0. The molecule has 0 heterocycles. The second kappa shape index (κ2) is 51.4. The molecule has 0 aliphatic rings. The highest BCUT2D eigenvalue weighted by Crippen LogP contribution is 2.18. The molecule has 0 aromatic heterocycles. The van der Waals surface area contributed by atoms with Crippen LogP contribution in [0.25, 0.3) is 0 Å². The molecular formula is C57H110O6. The predicted molar refractivity (Wildman–Crippen MR) is 270 cm³/mol. The molecule has 6 nitrogen and oxygen atoms in total. The fourth-order valence-electron chi connectivity index (χ4n) is 8.75. The van der Waals surface area contributed by atoms with Gasteiger partial charge in [-0.3, -0.25) is 14.4 Å². The van der Waals surface area contributed by atoms with Crippen molar-refractivity contribution in [1.29, 1.82) is 0 Å². The summed E-state index contributed by atoms with van der Waals surface area (Å²) in [5.74, 6) is 0.00283. The molecule has 0 unspecified atom stereocenters. The van der Waals surface area contributed by atoms with Crippen LogP contribution in [0.2, 0.25) is 0 Å². The number of unbranched alkanes of at least 4 members (excludes halogenated alkanes) is 39. The van der Waals surface area contributed by atoms with Gasteiger partial charge < -0.3 is 14.2 Å². The fourth-order valence-corrected chi connectivity index (χ4v) is 8.75. The van der Waals surface area contributed by atoms with Crippen LogP contribution in [0.3, 0.4) is 0 Å². The first-order valence-electron chi connectivity index (χ1n) is 28.4. The van der Waals surface area contributed by atoms with E-state index >= 15 is 0 Å². The highest BCUT2D eigenvalue weighted by Gasteiger charge is 2.19. The molecule has 0 aliphatic heterocycles. The molecule has 0 saturated carbocycles. The van der Waals surface area contributed by atoms with E-state index in [4.69, 9.17) is 14.2 Å². The Bertz CT molecular complexity index is 949. The lowest BCUT2D eigenvalue weighted by Crippen LogP contribution is -2.30. The van der Waals surface area contributed by atoms with Gasteiger partial charge >= 0.3 is 17.9 Å². The van der Waals surface area contributed by atoms with E-state index in [1.165, 1.54) is 218 Å². The Morgan fingerprint density at radius 1 is 0.302 bits per heavy atom. The Labute approximate surface area is 393 Å². The van der Waals surface area contributed by atoms with Crippen LogP contribution in [-0.2, 0) is 28.6 Å². The Balaban J connectivity index is 4.28. The molecule has 374 valence electrons. The summed E-state index contributed by atoms with van der Waals surface area (Å²) in [6.07, 6.45) is 55.2. The minimum absolute atomic E-state index is 0.0620. The van der Waals surface area contributed by atoms with Crippen LogP contribution in [0.15, 0.2) is 0 Å². The Morgan fingerprint density at radius 2 is 0.524 bits per heavy atom. The van der Waals surface area contributed by atoms with Crippen molar-refractivity contribution in [2.24, 2.45) is 5.92 Å². The zero-order chi connectivity index (χ0) is 45.9. The van der Waals surface area contributed by atoms with E-state index < -0.39 is 6.10 Å². The van der Waals surface area contributed by atoms with E-state index in [1.807, 2.05) is 0 Å². The van der Waals surface area contributed by atoms with Crippen molar-refractivity contribution in [1.82, 2.24) is 0 Å². The van der Waals surface area contributed by atoms with E-state index in [1.54, 1.807) is 0 Å². The average molecular weight is 892 g/mol. The number of hydrogen-bond acceptors (Lipinski definition) is 6. The third-order valence-electron chi connectivity index (χ3n) is 13.0. The minimum Gasteiger partial charge on any atom is -0.462 e. The topological polar surface area (TPSA) is 78.9 Å². The Hall–Kier alpha value is -1.59. The normalized spacial score (nSPS) is 12.0. The highest BCUT2D eigenvalue weighted by molar-refractivity contribution is 5.71. The summed E-state index contributed by atoms with van der Waals surface area (Å²) in [4.78, 5) is 38.1. The highest BCUT2D eigenvalue weighted by atomic mass is 16.6. The van der Waals surface area contributed by atoms with E-state index in [0.717, 1.165) is 63.7 Å². The second-order valence-electron chi connectivity index (χ2n) is 20.1. The van der Waals surface area contributed by atoms with Crippen molar-refractivity contribution in [3.63, 3.8) is 0 Å². The number of ether oxygens (including phenoxy) is 3. The van der Waals surface area contributed by atoms with Crippen molar-refractivity contribution in [2.75, 3.05) is 13.2 Å². The van der Waals surface area contributed by atoms with Gasteiger partial charge in [0.15, 0.2) is 6.10 Å². The molecule has 0 spiro atoms. The number of hydrogen-bond donors (Lipinski definition) is 0. The van der Waals surface area contributed by atoms with Crippen LogP contribution in [0.5, 0.6) is 0 Å². The van der Waals surface area contributed by atoms with E-state index in [2.05, 4.69) is 27.7 Å². The van der Waals surface area contributed by atoms with Gasteiger partial charge in [-0.05, 0) is 25.2 Å². The van der Waals surface area contributed by atoms with Crippen LogP contribution < -0.4 is 0 Å². The summed E-state index contributed by atoms with van der Waals surface area (Å²) in [5.41, 5.74) is 0. The molecule has 0 bridgehead atoms. The van der Waals surface area contributed by atoms with Crippen LogP contribution in [0.1, 0.15) is 323 Å². The van der Waals surface area contributed by atoms with Gasteiger partial charge in [0, 0.05) is 19.3 Å². The van der Waals surface area contributed by atoms with Gasteiger partial charge in [-0.15, -0.1) is 0 Å². The second-order valence-corrected chi connectivity index (χ2v) is 20.1. The maximum Gasteiger partial charge on any atom is 0.306 e. The molecule has 0 amide bonds. The van der Waals surface area contributed by atoms with Gasteiger partial charge in [0.1, 0.15) is 13.2 Å². The third-order valence-corrected chi connectivity index (χ3v) is 13.0. The zero-order valence-electron chi connectivity index (χ0n) is 43.0. The molecule has 0 saturated heterocycles. The molecule has 0 radical (unpaired) electrons. The molecule has 0 aliphatic carbocycles. The molecule has 1 atom stereocenters. The average Bonchev–Trinajstić information content (AvgIpc) is 3.27. The Kier molecular flexibility index (Phi) is 50.1.